The number of hydrogen-bond acceptors (Lipinski definition) is 2. The van der Waals surface area contributed by atoms with E-state index in [9.17, 15) is 4.79 Å². The van der Waals surface area contributed by atoms with Gasteiger partial charge in [-0.25, -0.2) is 0 Å². The molecular weight excluding hydrogens is 156 g/mol. The number of alkyl halides is 1. The van der Waals surface area contributed by atoms with Gasteiger partial charge in [0.1, 0.15) is 0 Å². The van der Waals surface area contributed by atoms with E-state index in [2.05, 4.69) is 0 Å². The van der Waals surface area contributed by atoms with Gasteiger partial charge in [-0.1, -0.05) is 13.3 Å². The van der Waals surface area contributed by atoms with Gasteiger partial charge in [0.25, 0.3) is 0 Å². The zero-order chi connectivity index (χ0) is 8.15. The molecule has 0 aliphatic rings. The second-order valence-electron chi connectivity index (χ2n) is 2.10. The fourth-order valence-corrected chi connectivity index (χ4v) is 0.733. The Hall–Kier alpha value is -0.280. The largest absolute Gasteiger partial charge is 0.480 e. The van der Waals surface area contributed by atoms with Gasteiger partial charge in [0.05, 0.1) is 6.10 Å². The van der Waals surface area contributed by atoms with Crippen LogP contribution >= 0.6 is 11.6 Å². The standard InChI is InChI=1S/C6H11ClO3/c1-2-3-4(8)5(7)6(9)10/h4-5,8H,2-3H2,1H3,(H,9,10)/t4-,5-/m0/s1. The van der Waals surface area contributed by atoms with Crippen LogP contribution in [-0.2, 0) is 4.79 Å². The number of hydrogen-bond donors (Lipinski definition) is 2. The Morgan fingerprint density at radius 3 is 2.50 bits per heavy atom. The van der Waals surface area contributed by atoms with Crippen LogP contribution in [0.3, 0.4) is 0 Å². The van der Waals surface area contributed by atoms with Crippen molar-refractivity contribution in [2.45, 2.75) is 31.2 Å². The number of carbonyl (C=O) groups is 1. The molecular formula is C6H11ClO3. The fraction of sp³-hybridized carbons (Fsp3) is 0.833. The predicted octanol–water partition coefficient (Wildman–Crippen LogP) is 0.839. The molecule has 0 spiro atoms. The second kappa shape index (κ2) is 4.52. The molecule has 2 atom stereocenters. The minimum atomic E-state index is -1.17. The number of rotatable bonds is 4. The number of carboxylic acids is 1. The Morgan fingerprint density at radius 1 is 1.70 bits per heavy atom. The summed E-state index contributed by atoms with van der Waals surface area (Å²) in [5.41, 5.74) is 0. The van der Waals surface area contributed by atoms with E-state index >= 15 is 0 Å². The molecule has 0 aliphatic heterocycles. The van der Waals surface area contributed by atoms with Gasteiger partial charge in [-0.05, 0) is 6.42 Å². The van der Waals surface area contributed by atoms with E-state index in [1.54, 1.807) is 0 Å². The van der Waals surface area contributed by atoms with Crippen molar-refractivity contribution in [1.82, 2.24) is 0 Å². The van der Waals surface area contributed by atoms with E-state index in [-0.39, 0.29) is 0 Å². The average Bonchev–Trinajstić information content (AvgIpc) is 1.87. The monoisotopic (exact) mass is 166 g/mol. The van der Waals surface area contributed by atoms with Crippen LogP contribution in [0.1, 0.15) is 19.8 Å². The third-order valence-electron chi connectivity index (χ3n) is 1.16. The summed E-state index contributed by atoms with van der Waals surface area (Å²) in [6.07, 6.45) is 0.238. The smallest absolute Gasteiger partial charge is 0.324 e. The van der Waals surface area contributed by atoms with Gasteiger partial charge in [0.2, 0.25) is 0 Å². The Kier molecular flexibility index (Phi) is 4.40. The van der Waals surface area contributed by atoms with Crippen molar-refractivity contribution in [2.75, 3.05) is 0 Å². The lowest BCUT2D eigenvalue weighted by molar-refractivity contribution is -0.138. The first-order valence-corrected chi connectivity index (χ1v) is 3.58. The van der Waals surface area contributed by atoms with Crippen molar-refractivity contribution >= 4 is 17.6 Å². The maximum absolute atomic E-state index is 10.1. The Bertz CT molecular complexity index is 116. The summed E-state index contributed by atoms with van der Waals surface area (Å²) in [6, 6.07) is 0. The van der Waals surface area contributed by atoms with E-state index in [1.165, 1.54) is 0 Å². The van der Waals surface area contributed by atoms with Crippen LogP contribution in [0.4, 0.5) is 0 Å². The molecule has 0 heterocycles. The number of aliphatic hydroxyl groups is 1. The minimum Gasteiger partial charge on any atom is -0.480 e. The summed E-state index contributed by atoms with van der Waals surface area (Å²) in [7, 11) is 0. The van der Waals surface area contributed by atoms with Crippen molar-refractivity contribution in [3.8, 4) is 0 Å². The number of carboxylic acid groups (broad SMARTS) is 1. The van der Waals surface area contributed by atoms with E-state index in [1.807, 2.05) is 6.92 Å². The molecule has 0 aliphatic carbocycles. The maximum Gasteiger partial charge on any atom is 0.324 e. The highest BCUT2D eigenvalue weighted by Gasteiger charge is 2.22. The molecule has 0 saturated heterocycles. The first kappa shape index (κ1) is 9.72. The molecule has 2 N–H and O–H groups in total. The molecule has 0 bridgehead atoms. The molecule has 0 unspecified atom stereocenters. The van der Waals surface area contributed by atoms with Crippen LogP contribution in [0, 0.1) is 0 Å². The summed E-state index contributed by atoms with van der Waals surface area (Å²) >= 11 is 5.30. The first-order valence-electron chi connectivity index (χ1n) is 3.14. The Balaban J connectivity index is 3.69. The quantitative estimate of drug-likeness (QED) is 0.609. The molecule has 10 heavy (non-hydrogen) atoms. The van der Waals surface area contributed by atoms with E-state index in [4.69, 9.17) is 21.8 Å². The molecule has 0 aromatic heterocycles. The summed E-state index contributed by atoms with van der Waals surface area (Å²) in [5.74, 6) is -1.16. The average molecular weight is 167 g/mol. The van der Waals surface area contributed by atoms with Crippen LogP contribution in [-0.4, -0.2) is 27.7 Å². The summed E-state index contributed by atoms with van der Waals surface area (Å²) < 4.78 is 0. The van der Waals surface area contributed by atoms with Gasteiger partial charge in [-0.15, -0.1) is 11.6 Å². The van der Waals surface area contributed by atoms with Crippen molar-refractivity contribution in [1.29, 1.82) is 0 Å². The van der Waals surface area contributed by atoms with Crippen LogP contribution < -0.4 is 0 Å². The zero-order valence-electron chi connectivity index (χ0n) is 5.75. The Morgan fingerprint density at radius 2 is 2.20 bits per heavy atom. The van der Waals surface area contributed by atoms with Gasteiger partial charge < -0.3 is 10.2 Å². The summed E-state index contributed by atoms with van der Waals surface area (Å²) in [6.45, 7) is 1.86. The Labute approximate surface area is 64.6 Å². The highest BCUT2D eigenvalue weighted by atomic mass is 35.5. The highest BCUT2D eigenvalue weighted by molar-refractivity contribution is 6.30. The molecule has 60 valence electrons. The van der Waals surface area contributed by atoms with Gasteiger partial charge in [-0.2, -0.15) is 0 Å². The van der Waals surface area contributed by atoms with Gasteiger partial charge in [-0.3, -0.25) is 4.79 Å². The van der Waals surface area contributed by atoms with Crippen LogP contribution in [0.25, 0.3) is 0 Å². The maximum atomic E-state index is 10.1. The van der Waals surface area contributed by atoms with Crippen molar-refractivity contribution < 1.29 is 15.0 Å². The zero-order valence-corrected chi connectivity index (χ0v) is 6.51. The normalized spacial score (nSPS) is 16.3. The lowest BCUT2D eigenvalue weighted by atomic mass is 10.1. The lowest BCUT2D eigenvalue weighted by Crippen LogP contribution is -2.28. The molecule has 0 rings (SSSR count). The van der Waals surface area contributed by atoms with Crippen molar-refractivity contribution in [3.05, 3.63) is 0 Å². The molecule has 3 nitrogen and oxygen atoms in total. The summed E-state index contributed by atoms with van der Waals surface area (Å²) in [5, 5.41) is 16.1. The molecule has 4 heteroatoms. The molecule has 0 radical (unpaired) electrons. The molecule has 0 saturated carbocycles. The third-order valence-corrected chi connectivity index (χ3v) is 1.64. The predicted molar refractivity (Wildman–Crippen MR) is 38.2 cm³/mol. The molecule has 0 fully saturated rings. The number of aliphatic carboxylic acids is 1. The first-order chi connectivity index (χ1) is 4.59. The van der Waals surface area contributed by atoms with Crippen LogP contribution in [0.2, 0.25) is 0 Å². The number of halogens is 1. The highest BCUT2D eigenvalue weighted by Crippen LogP contribution is 2.08. The SMILES string of the molecule is CCC[C@H](O)[C@H](Cl)C(=O)O. The minimum absolute atomic E-state index is 0.431. The number of aliphatic hydroxyl groups excluding tert-OH is 1. The topological polar surface area (TPSA) is 57.5 Å². The molecule has 0 aromatic rings. The molecule has 0 amide bonds. The van der Waals surface area contributed by atoms with Crippen LogP contribution in [0.15, 0.2) is 0 Å². The van der Waals surface area contributed by atoms with Gasteiger partial charge in [0, 0.05) is 0 Å². The van der Waals surface area contributed by atoms with Crippen LogP contribution in [0.5, 0.6) is 0 Å². The molecule has 0 aromatic carbocycles. The van der Waals surface area contributed by atoms with E-state index in [0.717, 1.165) is 6.42 Å². The summed E-state index contributed by atoms with van der Waals surface area (Å²) in [4.78, 5) is 10.1. The lowest BCUT2D eigenvalue weighted by Gasteiger charge is -2.10. The van der Waals surface area contributed by atoms with Gasteiger partial charge >= 0.3 is 5.97 Å². The van der Waals surface area contributed by atoms with Crippen molar-refractivity contribution in [2.24, 2.45) is 0 Å². The van der Waals surface area contributed by atoms with Crippen molar-refractivity contribution in [3.63, 3.8) is 0 Å². The third kappa shape index (κ3) is 3.03. The van der Waals surface area contributed by atoms with E-state index < -0.39 is 17.5 Å². The van der Waals surface area contributed by atoms with Gasteiger partial charge in [0.15, 0.2) is 5.38 Å². The second-order valence-corrected chi connectivity index (χ2v) is 2.57. The fourth-order valence-electron chi connectivity index (χ4n) is 0.607. The van der Waals surface area contributed by atoms with E-state index in [0.29, 0.717) is 6.42 Å².